The first-order chi connectivity index (χ1) is 7.15. The number of nitrogen functional groups attached to an aromatic ring is 1. The van der Waals surface area contributed by atoms with Crippen molar-refractivity contribution >= 4 is 5.69 Å². The van der Waals surface area contributed by atoms with E-state index >= 15 is 0 Å². The third kappa shape index (κ3) is 3.32. The van der Waals surface area contributed by atoms with Crippen molar-refractivity contribution in [2.75, 3.05) is 5.73 Å². The molecule has 0 radical (unpaired) electrons. The maximum Gasteiger partial charge on any atom is 0.0314 e. The maximum atomic E-state index is 5.66. The largest absolute Gasteiger partial charge is 0.399 e. The summed E-state index contributed by atoms with van der Waals surface area (Å²) in [6.45, 7) is 6.46. The van der Waals surface area contributed by atoms with Crippen LogP contribution in [0.1, 0.15) is 38.7 Å². The van der Waals surface area contributed by atoms with Crippen molar-refractivity contribution in [2.45, 2.75) is 33.1 Å². The summed E-state index contributed by atoms with van der Waals surface area (Å²) >= 11 is 0. The first-order valence-corrected chi connectivity index (χ1v) is 5.49. The number of anilines is 1. The number of hydrogen-bond acceptors (Lipinski definition) is 1. The molecule has 1 heteroatoms. The van der Waals surface area contributed by atoms with Crippen molar-refractivity contribution in [2.24, 2.45) is 5.92 Å². The highest BCUT2D eigenvalue weighted by Crippen LogP contribution is 2.24. The molecular weight excluding hydrogens is 182 g/mol. The van der Waals surface area contributed by atoms with Gasteiger partial charge in [0.05, 0.1) is 0 Å². The van der Waals surface area contributed by atoms with E-state index in [2.05, 4.69) is 44.7 Å². The number of hydrogen-bond donors (Lipinski definition) is 1. The van der Waals surface area contributed by atoms with Crippen LogP contribution in [0.2, 0.25) is 0 Å². The summed E-state index contributed by atoms with van der Waals surface area (Å²) in [6, 6.07) is 8.08. The molecule has 0 heterocycles. The van der Waals surface area contributed by atoms with E-state index in [9.17, 15) is 0 Å². The third-order valence-electron chi connectivity index (χ3n) is 2.72. The average Bonchev–Trinajstić information content (AvgIpc) is 2.26. The molecule has 2 N–H and O–H groups in total. The van der Waals surface area contributed by atoms with Crippen LogP contribution in [0.4, 0.5) is 5.69 Å². The molecule has 0 bridgehead atoms. The molecule has 0 saturated heterocycles. The predicted octanol–water partition coefficient (Wildman–Crippen LogP) is 3.42. The molecule has 2 unspecified atom stereocenters. The molecule has 0 aromatic heterocycles. The molecule has 0 amide bonds. The summed E-state index contributed by atoms with van der Waals surface area (Å²) in [4.78, 5) is 0. The maximum absolute atomic E-state index is 5.66. The lowest BCUT2D eigenvalue weighted by molar-refractivity contribution is 0.610. The van der Waals surface area contributed by atoms with Gasteiger partial charge in [-0.15, -0.1) is 5.92 Å². The Labute approximate surface area is 92.7 Å². The zero-order valence-electron chi connectivity index (χ0n) is 9.75. The summed E-state index contributed by atoms with van der Waals surface area (Å²) in [5.74, 6) is 7.26. The van der Waals surface area contributed by atoms with Crippen molar-refractivity contribution < 1.29 is 0 Å². The van der Waals surface area contributed by atoms with Gasteiger partial charge in [0, 0.05) is 18.0 Å². The Morgan fingerprint density at radius 2 is 1.80 bits per heavy atom. The molecule has 80 valence electrons. The topological polar surface area (TPSA) is 26.0 Å². The first-order valence-electron chi connectivity index (χ1n) is 5.49. The molecule has 0 saturated carbocycles. The molecule has 0 aliphatic carbocycles. The van der Waals surface area contributed by atoms with Crippen molar-refractivity contribution in [3.63, 3.8) is 0 Å². The van der Waals surface area contributed by atoms with Gasteiger partial charge in [-0.25, -0.2) is 0 Å². The molecule has 15 heavy (non-hydrogen) atoms. The van der Waals surface area contributed by atoms with E-state index in [0.29, 0.717) is 11.8 Å². The first kappa shape index (κ1) is 11.7. The van der Waals surface area contributed by atoms with Gasteiger partial charge >= 0.3 is 0 Å². The van der Waals surface area contributed by atoms with Crippen LogP contribution in [0, 0.1) is 17.8 Å². The fourth-order valence-corrected chi connectivity index (χ4v) is 1.48. The molecule has 1 aromatic rings. The van der Waals surface area contributed by atoms with Crippen molar-refractivity contribution in [1.29, 1.82) is 0 Å². The zero-order valence-corrected chi connectivity index (χ0v) is 9.75. The van der Waals surface area contributed by atoms with Gasteiger partial charge in [0.25, 0.3) is 0 Å². The van der Waals surface area contributed by atoms with Crippen LogP contribution in [0.15, 0.2) is 24.3 Å². The molecule has 0 fully saturated rings. The molecule has 1 rings (SSSR count). The van der Waals surface area contributed by atoms with Gasteiger partial charge in [0.15, 0.2) is 0 Å². The van der Waals surface area contributed by atoms with E-state index in [-0.39, 0.29) is 0 Å². The van der Waals surface area contributed by atoms with Crippen LogP contribution in [0.25, 0.3) is 0 Å². The Morgan fingerprint density at radius 1 is 1.20 bits per heavy atom. The fraction of sp³-hybridized carbons (Fsp3) is 0.429. The Morgan fingerprint density at radius 3 is 2.33 bits per heavy atom. The average molecular weight is 201 g/mol. The predicted molar refractivity (Wildman–Crippen MR) is 66.5 cm³/mol. The van der Waals surface area contributed by atoms with Crippen LogP contribution < -0.4 is 5.73 Å². The van der Waals surface area contributed by atoms with Crippen LogP contribution in [0.5, 0.6) is 0 Å². The molecule has 1 aromatic carbocycles. The second-order valence-corrected chi connectivity index (χ2v) is 3.92. The normalized spacial score (nSPS) is 13.8. The van der Waals surface area contributed by atoms with E-state index in [1.54, 1.807) is 0 Å². The van der Waals surface area contributed by atoms with Crippen molar-refractivity contribution in [1.82, 2.24) is 0 Å². The number of rotatable bonds is 2. The Bertz CT molecular complexity index is 353. The number of benzene rings is 1. The summed E-state index contributed by atoms with van der Waals surface area (Å²) in [5.41, 5.74) is 7.78. The summed E-state index contributed by atoms with van der Waals surface area (Å²) in [5, 5.41) is 0. The van der Waals surface area contributed by atoms with Crippen LogP contribution >= 0.6 is 0 Å². The zero-order chi connectivity index (χ0) is 11.3. The molecule has 0 aliphatic heterocycles. The van der Waals surface area contributed by atoms with Crippen LogP contribution in [0.3, 0.4) is 0 Å². The summed E-state index contributed by atoms with van der Waals surface area (Å²) in [6.07, 6.45) is 0.929. The number of nitrogens with two attached hydrogens (primary N) is 1. The quantitative estimate of drug-likeness (QED) is 0.576. The van der Waals surface area contributed by atoms with E-state index in [0.717, 1.165) is 12.1 Å². The van der Waals surface area contributed by atoms with Gasteiger partial charge < -0.3 is 5.73 Å². The Balaban J connectivity index is 2.75. The lowest BCUT2D eigenvalue weighted by Crippen LogP contribution is -2.04. The van der Waals surface area contributed by atoms with Gasteiger partial charge in [-0.2, -0.15) is 0 Å². The van der Waals surface area contributed by atoms with Gasteiger partial charge in [0.1, 0.15) is 0 Å². The molecule has 1 nitrogen and oxygen atoms in total. The van der Waals surface area contributed by atoms with Gasteiger partial charge in [-0.05, 0) is 23.6 Å². The lowest BCUT2D eigenvalue weighted by atomic mass is 9.89. The SMILES string of the molecule is CCC#CC(C)C(C)c1ccc(N)cc1. The minimum absolute atomic E-state index is 0.397. The second-order valence-electron chi connectivity index (χ2n) is 3.92. The molecule has 0 spiro atoms. The van der Waals surface area contributed by atoms with Crippen molar-refractivity contribution in [3.05, 3.63) is 29.8 Å². The van der Waals surface area contributed by atoms with E-state index in [1.165, 1.54) is 5.56 Å². The molecule has 0 aliphatic rings. The van der Waals surface area contributed by atoms with Gasteiger partial charge in [-0.3, -0.25) is 0 Å². The highest BCUT2D eigenvalue weighted by molar-refractivity contribution is 5.40. The summed E-state index contributed by atoms with van der Waals surface area (Å²) < 4.78 is 0. The minimum Gasteiger partial charge on any atom is -0.399 e. The Kier molecular flexibility index (Phi) is 4.24. The van der Waals surface area contributed by atoms with E-state index in [4.69, 9.17) is 5.73 Å². The summed E-state index contributed by atoms with van der Waals surface area (Å²) in [7, 11) is 0. The van der Waals surface area contributed by atoms with Gasteiger partial charge in [0.2, 0.25) is 0 Å². The fourth-order valence-electron chi connectivity index (χ4n) is 1.48. The highest BCUT2D eigenvalue weighted by atomic mass is 14.5. The highest BCUT2D eigenvalue weighted by Gasteiger charge is 2.11. The second kappa shape index (κ2) is 5.46. The van der Waals surface area contributed by atoms with E-state index in [1.807, 2.05) is 12.1 Å². The lowest BCUT2D eigenvalue weighted by Gasteiger charge is -2.15. The van der Waals surface area contributed by atoms with E-state index < -0.39 is 0 Å². The molecule has 2 atom stereocenters. The van der Waals surface area contributed by atoms with Crippen LogP contribution in [-0.4, -0.2) is 0 Å². The minimum atomic E-state index is 0.397. The van der Waals surface area contributed by atoms with Crippen molar-refractivity contribution in [3.8, 4) is 11.8 Å². The van der Waals surface area contributed by atoms with Crippen LogP contribution in [-0.2, 0) is 0 Å². The monoisotopic (exact) mass is 201 g/mol. The standard InChI is InChI=1S/C14H19N/c1-4-5-6-11(2)12(3)13-7-9-14(15)10-8-13/h7-12H,4,15H2,1-3H3. The third-order valence-corrected chi connectivity index (χ3v) is 2.72. The molecular formula is C14H19N. The smallest absolute Gasteiger partial charge is 0.0314 e. The Hall–Kier alpha value is -1.42. The van der Waals surface area contributed by atoms with Gasteiger partial charge in [-0.1, -0.05) is 38.8 Å².